The van der Waals surface area contributed by atoms with E-state index in [1.165, 1.54) is 30.5 Å². The zero-order chi connectivity index (χ0) is 16.1. The number of carbonyl (C=O) groups is 2. The van der Waals surface area contributed by atoms with Gasteiger partial charge in [0, 0.05) is 11.1 Å². The van der Waals surface area contributed by atoms with Gasteiger partial charge in [-0.2, -0.15) is 0 Å². The lowest BCUT2D eigenvalue weighted by atomic mass is 10.3. The minimum Gasteiger partial charge on any atom is -0.452 e. The number of hydrogen-bond donors (Lipinski definition) is 1. The van der Waals surface area contributed by atoms with Gasteiger partial charge in [0.25, 0.3) is 5.91 Å². The van der Waals surface area contributed by atoms with Crippen molar-refractivity contribution in [3.63, 3.8) is 0 Å². The first kappa shape index (κ1) is 16.7. The number of nitrogens with zero attached hydrogens (tertiary/aromatic N) is 1. The SMILES string of the molecule is C[C@@H](OC(=O)Cc1cccs1)C(=O)Nc1ncc(Cl)cc1Cl. The molecule has 22 heavy (non-hydrogen) atoms. The highest BCUT2D eigenvalue weighted by atomic mass is 35.5. The normalized spacial score (nSPS) is 11.8. The Morgan fingerprint density at radius 3 is 2.86 bits per heavy atom. The molecule has 116 valence electrons. The van der Waals surface area contributed by atoms with Crippen LogP contribution in [0.3, 0.4) is 0 Å². The van der Waals surface area contributed by atoms with Gasteiger partial charge in [0.1, 0.15) is 0 Å². The van der Waals surface area contributed by atoms with Gasteiger partial charge in [-0.15, -0.1) is 11.3 Å². The van der Waals surface area contributed by atoms with Crippen molar-refractivity contribution >= 4 is 52.2 Å². The second kappa shape index (κ2) is 7.58. The van der Waals surface area contributed by atoms with Crippen molar-refractivity contribution < 1.29 is 14.3 Å². The van der Waals surface area contributed by atoms with E-state index in [1.807, 2.05) is 17.5 Å². The quantitative estimate of drug-likeness (QED) is 0.829. The van der Waals surface area contributed by atoms with Crippen molar-refractivity contribution in [3.8, 4) is 0 Å². The van der Waals surface area contributed by atoms with E-state index < -0.39 is 18.0 Å². The lowest BCUT2D eigenvalue weighted by molar-refractivity contribution is -0.152. The van der Waals surface area contributed by atoms with Gasteiger partial charge in [-0.1, -0.05) is 29.3 Å². The second-order valence-electron chi connectivity index (χ2n) is 4.36. The number of anilines is 1. The molecule has 2 rings (SSSR count). The van der Waals surface area contributed by atoms with Crippen molar-refractivity contribution in [1.82, 2.24) is 4.98 Å². The number of pyridine rings is 1. The van der Waals surface area contributed by atoms with Crippen LogP contribution in [0.1, 0.15) is 11.8 Å². The summed E-state index contributed by atoms with van der Waals surface area (Å²) < 4.78 is 5.08. The molecule has 0 saturated heterocycles. The van der Waals surface area contributed by atoms with Gasteiger partial charge in [0.05, 0.1) is 16.5 Å². The molecule has 2 heterocycles. The highest BCUT2D eigenvalue weighted by Gasteiger charge is 2.19. The van der Waals surface area contributed by atoms with E-state index in [4.69, 9.17) is 27.9 Å². The average molecular weight is 359 g/mol. The van der Waals surface area contributed by atoms with Crippen LogP contribution in [-0.2, 0) is 20.7 Å². The fourth-order valence-electron chi connectivity index (χ4n) is 1.57. The number of ether oxygens (including phenoxy) is 1. The van der Waals surface area contributed by atoms with Gasteiger partial charge in [0.15, 0.2) is 11.9 Å². The van der Waals surface area contributed by atoms with Crippen LogP contribution in [0.25, 0.3) is 0 Å². The summed E-state index contributed by atoms with van der Waals surface area (Å²) in [6.07, 6.45) is 0.534. The molecule has 2 aromatic heterocycles. The van der Waals surface area contributed by atoms with E-state index in [1.54, 1.807) is 0 Å². The molecule has 0 radical (unpaired) electrons. The summed E-state index contributed by atoms with van der Waals surface area (Å²) in [6, 6.07) is 5.13. The van der Waals surface area contributed by atoms with Crippen LogP contribution in [0, 0.1) is 0 Å². The minimum atomic E-state index is -0.957. The van der Waals surface area contributed by atoms with Crippen LogP contribution in [0.5, 0.6) is 0 Å². The maximum absolute atomic E-state index is 12.0. The summed E-state index contributed by atoms with van der Waals surface area (Å²) in [7, 11) is 0. The van der Waals surface area contributed by atoms with E-state index in [-0.39, 0.29) is 17.3 Å². The molecule has 8 heteroatoms. The number of halogens is 2. The number of rotatable bonds is 5. The monoisotopic (exact) mass is 358 g/mol. The third-order valence-electron chi connectivity index (χ3n) is 2.63. The molecular formula is C14H12Cl2N2O3S. The molecule has 2 aromatic rings. The van der Waals surface area contributed by atoms with Gasteiger partial charge in [0.2, 0.25) is 0 Å². The summed E-state index contributed by atoms with van der Waals surface area (Å²) in [4.78, 5) is 28.5. The Morgan fingerprint density at radius 1 is 1.45 bits per heavy atom. The molecule has 0 saturated carbocycles. The highest BCUT2D eigenvalue weighted by Crippen LogP contribution is 2.22. The molecule has 0 aromatic carbocycles. The smallest absolute Gasteiger partial charge is 0.311 e. The van der Waals surface area contributed by atoms with Crippen molar-refractivity contribution in [3.05, 3.63) is 44.7 Å². The molecule has 1 N–H and O–H groups in total. The van der Waals surface area contributed by atoms with Crippen molar-refractivity contribution in [2.45, 2.75) is 19.4 Å². The Hall–Kier alpha value is -1.63. The molecule has 0 fully saturated rings. The maximum atomic E-state index is 12.0. The number of carbonyl (C=O) groups excluding carboxylic acids is 2. The summed E-state index contributed by atoms with van der Waals surface area (Å²) in [5, 5.41) is 4.92. The molecule has 0 aliphatic heterocycles. The standard InChI is InChI=1S/C14H12Cl2N2O3S/c1-8(21-12(19)6-10-3-2-4-22-10)14(20)18-13-11(16)5-9(15)7-17-13/h2-5,7-8H,6H2,1H3,(H,17,18,20)/t8-/m1/s1. The average Bonchev–Trinajstić information content (AvgIpc) is 2.94. The Balaban J connectivity index is 1.90. The fraction of sp³-hybridized carbons (Fsp3) is 0.214. The van der Waals surface area contributed by atoms with Crippen LogP contribution >= 0.6 is 34.5 Å². The van der Waals surface area contributed by atoms with Gasteiger partial charge in [-0.05, 0) is 24.4 Å². The molecule has 0 unspecified atom stereocenters. The van der Waals surface area contributed by atoms with Crippen LogP contribution in [-0.4, -0.2) is 23.0 Å². The molecule has 0 aliphatic rings. The summed E-state index contributed by atoms with van der Waals surface area (Å²) in [5.41, 5.74) is 0. The van der Waals surface area contributed by atoms with Crippen molar-refractivity contribution in [2.75, 3.05) is 5.32 Å². The van der Waals surface area contributed by atoms with E-state index in [2.05, 4.69) is 10.3 Å². The van der Waals surface area contributed by atoms with Crippen molar-refractivity contribution in [1.29, 1.82) is 0 Å². The summed E-state index contributed by atoms with van der Waals surface area (Å²) >= 11 is 13.1. The predicted molar refractivity (Wildman–Crippen MR) is 86.5 cm³/mol. The molecule has 1 atom stereocenters. The van der Waals surface area contributed by atoms with E-state index in [0.29, 0.717) is 5.02 Å². The predicted octanol–water partition coefficient (Wildman–Crippen LogP) is 3.56. The largest absolute Gasteiger partial charge is 0.452 e. The second-order valence-corrected chi connectivity index (χ2v) is 6.24. The zero-order valence-electron chi connectivity index (χ0n) is 11.5. The zero-order valence-corrected chi connectivity index (χ0v) is 13.8. The van der Waals surface area contributed by atoms with Crippen LogP contribution in [0.15, 0.2) is 29.8 Å². The first-order valence-electron chi connectivity index (χ1n) is 6.29. The van der Waals surface area contributed by atoms with Gasteiger partial charge in [-0.3, -0.25) is 9.59 Å². The first-order chi connectivity index (χ1) is 10.5. The number of esters is 1. The molecule has 5 nitrogen and oxygen atoms in total. The maximum Gasteiger partial charge on any atom is 0.311 e. The molecule has 0 bridgehead atoms. The van der Waals surface area contributed by atoms with Gasteiger partial charge < -0.3 is 10.1 Å². The number of thiophene rings is 1. The Kier molecular flexibility index (Phi) is 5.76. The van der Waals surface area contributed by atoms with Gasteiger partial charge in [-0.25, -0.2) is 4.98 Å². The molecule has 1 amide bonds. The lowest BCUT2D eigenvalue weighted by Gasteiger charge is -2.13. The van der Waals surface area contributed by atoms with Crippen LogP contribution in [0.4, 0.5) is 5.82 Å². The highest BCUT2D eigenvalue weighted by molar-refractivity contribution is 7.10. The topological polar surface area (TPSA) is 68.3 Å². The van der Waals surface area contributed by atoms with Gasteiger partial charge >= 0.3 is 5.97 Å². The van der Waals surface area contributed by atoms with E-state index in [0.717, 1.165) is 4.88 Å². The summed E-state index contributed by atoms with van der Waals surface area (Å²) in [6.45, 7) is 1.48. The minimum absolute atomic E-state index is 0.134. The number of hydrogen-bond acceptors (Lipinski definition) is 5. The first-order valence-corrected chi connectivity index (χ1v) is 7.93. The Morgan fingerprint density at radius 2 is 2.23 bits per heavy atom. The Bertz CT molecular complexity index is 677. The third-order valence-corrected chi connectivity index (χ3v) is 4.00. The number of aromatic nitrogens is 1. The molecule has 0 spiro atoms. The van der Waals surface area contributed by atoms with E-state index in [9.17, 15) is 9.59 Å². The third kappa shape index (κ3) is 4.69. The fourth-order valence-corrected chi connectivity index (χ4v) is 2.69. The van der Waals surface area contributed by atoms with Crippen molar-refractivity contribution in [2.24, 2.45) is 0 Å². The van der Waals surface area contributed by atoms with Crippen LogP contribution in [0.2, 0.25) is 10.0 Å². The van der Waals surface area contributed by atoms with Crippen LogP contribution < -0.4 is 5.32 Å². The Labute approximate surface area is 141 Å². The summed E-state index contributed by atoms with van der Waals surface area (Å²) in [5.74, 6) is -0.825. The molecule has 0 aliphatic carbocycles. The van der Waals surface area contributed by atoms with E-state index >= 15 is 0 Å². The number of nitrogens with one attached hydrogen (secondary N) is 1. The lowest BCUT2D eigenvalue weighted by Crippen LogP contribution is -2.30. The number of amides is 1. The molecular weight excluding hydrogens is 347 g/mol.